The van der Waals surface area contributed by atoms with Crippen molar-refractivity contribution in [2.75, 3.05) is 0 Å². The Labute approximate surface area is 128 Å². The Hall–Kier alpha value is 1.65. The number of rotatable bonds is 0. The van der Waals surface area contributed by atoms with Gasteiger partial charge in [0.1, 0.15) is 0 Å². The van der Waals surface area contributed by atoms with Gasteiger partial charge in [-0.3, -0.25) is 0 Å². The summed E-state index contributed by atoms with van der Waals surface area (Å²) in [6.45, 7) is 0. The second-order valence-corrected chi connectivity index (χ2v) is 1.15. The van der Waals surface area contributed by atoms with Crippen molar-refractivity contribution in [3.63, 3.8) is 0 Å². The topological polar surface area (TPSA) is 161 Å². The minimum atomic E-state index is -1.75. The van der Waals surface area contributed by atoms with E-state index in [2.05, 4.69) is 0 Å². The molecule has 0 aliphatic rings. The normalized spacial score (nSPS) is 2.29. The van der Waals surface area contributed by atoms with E-state index in [0.29, 0.717) is 0 Å². The van der Waals surface area contributed by atoms with Crippen LogP contribution >= 0.6 is 0 Å². The Morgan fingerprint density at radius 2 is 0.571 bits per heavy atom. The maximum atomic E-state index is 8.46. The molecule has 0 aliphatic carbocycles. The zero-order chi connectivity index (χ0) is 10.8. The van der Waals surface area contributed by atoms with Crippen LogP contribution in [-0.4, -0.2) is 61.9 Å². The Kier molecular flexibility index (Phi) is 220. The van der Waals surface area contributed by atoms with Crippen LogP contribution in [0.4, 0.5) is 0 Å². The van der Waals surface area contributed by atoms with Crippen LogP contribution in [0, 0.1) is 0 Å². The van der Waals surface area contributed by atoms with Crippen molar-refractivity contribution in [2.24, 2.45) is 0 Å². The van der Waals surface area contributed by atoms with Crippen LogP contribution in [0.5, 0.6) is 0 Å². The standard InChI is InChI=1S/4Al.Ni.8O.Zn/q;;;;+2;;;;;4*-1;+2. The van der Waals surface area contributed by atoms with Crippen molar-refractivity contribution in [2.45, 2.75) is 0 Å². The molecule has 14 heteroatoms. The molecule has 0 rings (SSSR count). The summed E-state index contributed by atoms with van der Waals surface area (Å²) in [5, 5.41) is 0. The SMILES string of the molecule is [Ni+2].[O]=[Al][O-].[O]=[Al][O-].[O]=[Al][O-].[O]=[Al][O-].[Zn+2]. The molecule has 0 fully saturated rings. The summed E-state index contributed by atoms with van der Waals surface area (Å²) in [4.78, 5) is 0. The van der Waals surface area contributed by atoms with Gasteiger partial charge in [0.15, 0.2) is 0 Å². The van der Waals surface area contributed by atoms with Gasteiger partial charge < -0.3 is 0 Å². The number of hydrogen-bond acceptors (Lipinski definition) is 8. The van der Waals surface area contributed by atoms with Crippen LogP contribution in [0.2, 0.25) is 0 Å². The second kappa shape index (κ2) is 85.5. The average Bonchev–Trinajstić information content (AvgIpc) is 1.92. The van der Waals surface area contributed by atoms with E-state index in [1.165, 1.54) is 0 Å². The average molecular weight is 360 g/mol. The second-order valence-electron chi connectivity index (χ2n) is 0.385. The third-order valence-electron chi connectivity index (χ3n) is 0. The van der Waals surface area contributed by atoms with Crippen molar-refractivity contribution in [3.05, 3.63) is 0 Å². The van der Waals surface area contributed by atoms with Gasteiger partial charge in [0.05, 0.1) is 0 Å². The molecule has 0 spiro atoms. The van der Waals surface area contributed by atoms with Crippen molar-refractivity contribution in [1.82, 2.24) is 0 Å². The Bertz CT molecular complexity index is 75.3. The Balaban J connectivity index is -0.0000000145. The summed E-state index contributed by atoms with van der Waals surface area (Å²) in [6.07, 6.45) is 0. The van der Waals surface area contributed by atoms with Gasteiger partial charge in [-0.15, -0.1) is 0 Å². The first-order valence-corrected chi connectivity index (χ1v) is 5.66. The summed E-state index contributed by atoms with van der Waals surface area (Å²) in [5.74, 6) is 0. The molecule has 0 radical (unpaired) electrons. The van der Waals surface area contributed by atoms with Crippen molar-refractivity contribution in [3.8, 4) is 0 Å². The largest absolute Gasteiger partial charge is 2.00 e. The molecule has 0 atom stereocenters. The minimum Gasteiger partial charge on any atom is 2.00 e. The molecular weight excluding hydrogens is 360 g/mol. The zero-order valence-electron chi connectivity index (χ0n) is 6.60. The first kappa shape index (κ1) is 36.1. The van der Waals surface area contributed by atoms with E-state index in [4.69, 9.17) is 31.8 Å². The molecule has 0 saturated heterocycles. The fourth-order valence-corrected chi connectivity index (χ4v) is 0. The maximum absolute atomic E-state index is 8.46. The van der Waals surface area contributed by atoms with Crippen LogP contribution in [0.25, 0.3) is 0 Å². The van der Waals surface area contributed by atoms with E-state index >= 15 is 0 Å². The summed E-state index contributed by atoms with van der Waals surface area (Å²) in [6, 6.07) is 0. The van der Waals surface area contributed by atoms with E-state index in [1.807, 2.05) is 0 Å². The minimum absolute atomic E-state index is 0. The molecule has 0 N–H and O–H groups in total. The van der Waals surface area contributed by atoms with Crippen molar-refractivity contribution in [1.29, 1.82) is 0 Å². The molecule has 0 aliphatic heterocycles. The summed E-state index contributed by atoms with van der Waals surface area (Å²) in [7, 11) is 0. The predicted octanol–water partition coefficient (Wildman–Crippen LogP) is -6.76. The van der Waals surface area contributed by atoms with Gasteiger partial charge in [-0.1, -0.05) is 0 Å². The van der Waals surface area contributed by atoms with E-state index < -0.39 is 61.9 Å². The molecule has 14 heavy (non-hydrogen) atoms. The molecule has 0 saturated carbocycles. The van der Waals surface area contributed by atoms with E-state index in [-0.39, 0.29) is 36.0 Å². The smallest absolute Gasteiger partial charge is 2.00 e. The van der Waals surface area contributed by atoms with Gasteiger partial charge in [-0.05, 0) is 0 Å². The van der Waals surface area contributed by atoms with E-state index in [1.54, 1.807) is 0 Å². The molecule has 0 bridgehead atoms. The van der Waals surface area contributed by atoms with Crippen LogP contribution in [0.15, 0.2) is 0 Å². The molecule has 8 nitrogen and oxygen atoms in total. The van der Waals surface area contributed by atoms with Crippen LogP contribution in [0.3, 0.4) is 0 Å². The van der Waals surface area contributed by atoms with Crippen molar-refractivity contribution < 1.29 is 67.8 Å². The van der Waals surface area contributed by atoms with Gasteiger partial charge in [-0.25, -0.2) is 0 Å². The van der Waals surface area contributed by atoms with Crippen LogP contribution < -0.4 is 16.6 Å². The molecule has 0 aromatic carbocycles. The fourth-order valence-electron chi connectivity index (χ4n) is 0. The third kappa shape index (κ3) is 805. The van der Waals surface area contributed by atoms with Gasteiger partial charge in [-0.2, -0.15) is 0 Å². The summed E-state index contributed by atoms with van der Waals surface area (Å²) < 4.78 is 67.7. The molecule has 0 aromatic rings. The van der Waals surface area contributed by atoms with Crippen molar-refractivity contribution >= 4 is 61.9 Å². The molecule has 0 aromatic heterocycles. The Morgan fingerprint density at radius 3 is 0.571 bits per heavy atom. The first-order chi connectivity index (χ1) is 5.66. The van der Waals surface area contributed by atoms with Gasteiger partial charge >= 0.3 is 130 Å². The van der Waals surface area contributed by atoms with Crippen LogP contribution in [0.1, 0.15) is 0 Å². The quantitative estimate of drug-likeness (QED) is 0.385. The van der Waals surface area contributed by atoms with Gasteiger partial charge in [0.2, 0.25) is 0 Å². The number of hydrogen-bond donors (Lipinski definition) is 0. The summed E-state index contributed by atoms with van der Waals surface area (Å²) in [5.41, 5.74) is 0. The molecule has 0 unspecified atom stereocenters. The fraction of sp³-hybridized carbons (Fsp3) is 0. The first-order valence-electron chi connectivity index (χ1n) is 1.89. The third-order valence-corrected chi connectivity index (χ3v) is 0. The van der Waals surface area contributed by atoms with Gasteiger partial charge in [0, 0.05) is 0 Å². The van der Waals surface area contributed by atoms with E-state index in [9.17, 15) is 0 Å². The molecule has 72 valence electrons. The maximum Gasteiger partial charge on any atom is 2.00 e. The summed E-state index contributed by atoms with van der Waals surface area (Å²) >= 11 is -7.00. The predicted molar refractivity (Wildman–Crippen MR) is 25.8 cm³/mol. The molecule has 0 amide bonds. The monoisotopic (exact) mass is 358 g/mol. The van der Waals surface area contributed by atoms with Gasteiger partial charge in [0.25, 0.3) is 0 Å². The molecule has 0 heterocycles. The van der Waals surface area contributed by atoms with E-state index in [0.717, 1.165) is 0 Å². The zero-order valence-corrected chi connectivity index (χ0v) is 15.2. The van der Waals surface area contributed by atoms with Crippen LogP contribution in [-0.2, 0) is 51.2 Å². The Morgan fingerprint density at radius 1 is 0.571 bits per heavy atom. The molecular formula is Al4NiO8Zn.